The molecule has 3 rings (SSSR count). The highest BCUT2D eigenvalue weighted by atomic mass is 32.1. The third kappa shape index (κ3) is 4.41. The van der Waals surface area contributed by atoms with Crippen LogP contribution in [-0.2, 0) is 13.1 Å². The van der Waals surface area contributed by atoms with Crippen molar-refractivity contribution in [1.29, 1.82) is 0 Å². The average molecular weight is 360 g/mol. The molecule has 2 aromatic heterocycles. The predicted molar refractivity (Wildman–Crippen MR) is 101 cm³/mol. The molecule has 0 saturated carbocycles. The van der Waals surface area contributed by atoms with Gasteiger partial charge >= 0.3 is 0 Å². The van der Waals surface area contributed by atoms with E-state index in [-0.39, 0.29) is 0 Å². The molecule has 0 radical (unpaired) electrons. The Morgan fingerprint density at radius 1 is 1.00 bits per heavy atom. The van der Waals surface area contributed by atoms with Gasteiger partial charge in [0.2, 0.25) is 0 Å². The number of aryl methyl sites for hydroxylation is 1. The van der Waals surface area contributed by atoms with Gasteiger partial charge in [-0.2, -0.15) is 0 Å². The minimum Gasteiger partial charge on any atom is -0.494 e. The SMILES string of the molecule is CCOc1ccc(-c2nc(CN(C)Cc3csc(C)n3)cs2)cc1. The monoisotopic (exact) mass is 359 g/mol. The van der Waals surface area contributed by atoms with E-state index in [0.29, 0.717) is 6.61 Å². The molecule has 0 amide bonds. The summed E-state index contributed by atoms with van der Waals surface area (Å²) in [4.78, 5) is 11.5. The molecule has 2 heterocycles. The van der Waals surface area contributed by atoms with E-state index in [1.807, 2.05) is 26.0 Å². The molecule has 4 nitrogen and oxygen atoms in total. The molecule has 0 atom stereocenters. The molecule has 0 aliphatic rings. The molecule has 0 saturated heterocycles. The molecule has 0 N–H and O–H groups in total. The van der Waals surface area contributed by atoms with Gasteiger partial charge in [-0.3, -0.25) is 4.90 Å². The van der Waals surface area contributed by atoms with E-state index in [1.54, 1.807) is 22.7 Å². The normalized spacial score (nSPS) is 11.2. The Kier molecular flexibility index (Phi) is 5.60. The third-order valence-corrected chi connectivity index (χ3v) is 5.26. The summed E-state index contributed by atoms with van der Waals surface area (Å²) in [5, 5.41) is 6.42. The number of thiazole rings is 2. The summed E-state index contributed by atoms with van der Waals surface area (Å²) < 4.78 is 5.48. The fourth-order valence-electron chi connectivity index (χ4n) is 2.46. The largest absolute Gasteiger partial charge is 0.494 e. The van der Waals surface area contributed by atoms with Crippen LogP contribution < -0.4 is 4.74 Å². The average Bonchev–Trinajstić information content (AvgIpc) is 3.18. The number of hydrogen-bond donors (Lipinski definition) is 0. The summed E-state index contributed by atoms with van der Waals surface area (Å²) in [7, 11) is 2.10. The van der Waals surface area contributed by atoms with Crippen LogP contribution in [0.15, 0.2) is 35.0 Å². The molecule has 0 aliphatic carbocycles. The van der Waals surface area contributed by atoms with Gasteiger partial charge in [-0.25, -0.2) is 9.97 Å². The third-order valence-electron chi connectivity index (χ3n) is 3.49. The van der Waals surface area contributed by atoms with Gasteiger partial charge in [-0.05, 0) is 45.2 Å². The summed E-state index contributed by atoms with van der Waals surface area (Å²) in [6.45, 7) is 6.39. The van der Waals surface area contributed by atoms with E-state index in [9.17, 15) is 0 Å². The van der Waals surface area contributed by atoms with E-state index in [2.05, 4.69) is 39.8 Å². The first-order valence-corrected chi connectivity index (χ1v) is 9.67. The number of aromatic nitrogens is 2. The van der Waals surface area contributed by atoms with Gasteiger partial charge in [0.1, 0.15) is 10.8 Å². The molecule has 126 valence electrons. The van der Waals surface area contributed by atoms with Crippen LogP contribution in [0.25, 0.3) is 10.6 Å². The zero-order valence-corrected chi connectivity index (χ0v) is 15.8. The van der Waals surface area contributed by atoms with E-state index in [4.69, 9.17) is 9.72 Å². The summed E-state index contributed by atoms with van der Waals surface area (Å²) in [6.07, 6.45) is 0. The van der Waals surface area contributed by atoms with Gasteiger partial charge in [-0.1, -0.05) is 0 Å². The summed E-state index contributed by atoms with van der Waals surface area (Å²) >= 11 is 3.38. The highest BCUT2D eigenvalue weighted by Crippen LogP contribution is 2.26. The van der Waals surface area contributed by atoms with Crippen molar-refractivity contribution in [2.75, 3.05) is 13.7 Å². The number of hydrogen-bond acceptors (Lipinski definition) is 6. The second kappa shape index (κ2) is 7.88. The Bertz CT molecular complexity index is 780. The molecule has 0 aliphatic heterocycles. The van der Waals surface area contributed by atoms with Crippen LogP contribution in [0.2, 0.25) is 0 Å². The second-order valence-electron chi connectivity index (χ2n) is 5.63. The highest BCUT2D eigenvalue weighted by molar-refractivity contribution is 7.13. The Balaban J connectivity index is 1.62. The molecule has 1 aromatic carbocycles. The van der Waals surface area contributed by atoms with Crippen molar-refractivity contribution in [1.82, 2.24) is 14.9 Å². The molecule has 0 fully saturated rings. The number of rotatable bonds is 7. The lowest BCUT2D eigenvalue weighted by atomic mass is 10.2. The first-order chi connectivity index (χ1) is 11.6. The van der Waals surface area contributed by atoms with Crippen molar-refractivity contribution >= 4 is 22.7 Å². The van der Waals surface area contributed by atoms with Gasteiger partial charge in [0.25, 0.3) is 0 Å². The Labute approximate surface area is 150 Å². The smallest absolute Gasteiger partial charge is 0.123 e. The minimum atomic E-state index is 0.686. The molecule has 6 heteroatoms. The van der Waals surface area contributed by atoms with Crippen molar-refractivity contribution in [3.63, 3.8) is 0 Å². The maximum absolute atomic E-state index is 5.48. The summed E-state index contributed by atoms with van der Waals surface area (Å²) in [5.41, 5.74) is 3.35. The van der Waals surface area contributed by atoms with Crippen LogP contribution in [0.5, 0.6) is 5.75 Å². The zero-order valence-electron chi connectivity index (χ0n) is 14.2. The van der Waals surface area contributed by atoms with E-state index in [1.165, 1.54) is 0 Å². The van der Waals surface area contributed by atoms with Gasteiger partial charge < -0.3 is 4.74 Å². The van der Waals surface area contributed by atoms with Crippen LogP contribution in [0.4, 0.5) is 0 Å². The van der Waals surface area contributed by atoms with Gasteiger partial charge in [-0.15, -0.1) is 22.7 Å². The van der Waals surface area contributed by atoms with Crippen LogP contribution >= 0.6 is 22.7 Å². The molecule has 0 unspecified atom stereocenters. The number of nitrogens with zero attached hydrogens (tertiary/aromatic N) is 3. The topological polar surface area (TPSA) is 38.2 Å². The van der Waals surface area contributed by atoms with Gasteiger partial charge in [0.15, 0.2) is 0 Å². The minimum absolute atomic E-state index is 0.686. The molecular formula is C18H21N3OS2. The maximum atomic E-state index is 5.48. The second-order valence-corrected chi connectivity index (χ2v) is 7.55. The van der Waals surface area contributed by atoms with Crippen molar-refractivity contribution in [2.45, 2.75) is 26.9 Å². The number of ether oxygens (including phenoxy) is 1. The van der Waals surface area contributed by atoms with Crippen LogP contribution in [0.1, 0.15) is 23.3 Å². The lowest BCUT2D eigenvalue weighted by Gasteiger charge is -2.13. The first kappa shape index (κ1) is 17.1. The van der Waals surface area contributed by atoms with Gasteiger partial charge in [0.05, 0.1) is 23.0 Å². The Morgan fingerprint density at radius 2 is 1.67 bits per heavy atom. The molecular weight excluding hydrogens is 338 g/mol. The Hall–Kier alpha value is -1.76. The van der Waals surface area contributed by atoms with Crippen molar-refractivity contribution in [3.05, 3.63) is 51.4 Å². The predicted octanol–water partition coefficient (Wildman–Crippen LogP) is 4.61. The standard InChI is InChI=1S/C18H21N3OS2/c1-4-22-17-7-5-14(6-8-17)18-20-16(12-24-18)10-21(3)9-15-11-23-13(2)19-15/h5-8,11-12H,4,9-10H2,1-3H3. The van der Waals surface area contributed by atoms with Crippen molar-refractivity contribution in [2.24, 2.45) is 0 Å². The number of benzene rings is 1. The van der Waals surface area contributed by atoms with E-state index < -0.39 is 0 Å². The van der Waals surface area contributed by atoms with E-state index in [0.717, 1.165) is 45.8 Å². The zero-order chi connectivity index (χ0) is 16.9. The molecule has 0 spiro atoms. The molecule has 24 heavy (non-hydrogen) atoms. The fraction of sp³-hybridized carbons (Fsp3) is 0.333. The highest BCUT2D eigenvalue weighted by Gasteiger charge is 2.09. The maximum Gasteiger partial charge on any atom is 0.123 e. The van der Waals surface area contributed by atoms with Crippen LogP contribution in [0.3, 0.4) is 0 Å². The Morgan fingerprint density at radius 3 is 2.29 bits per heavy atom. The quantitative estimate of drug-likeness (QED) is 0.618. The lowest BCUT2D eigenvalue weighted by Crippen LogP contribution is -2.17. The van der Waals surface area contributed by atoms with Crippen LogP contribution in [-0.4, -0.2) is 28.5 Å². The van der Waals surface area contributed by atoms with Crippen molar-refractivity contribution in [3.8, 4) is 16.3 Å². The molecule has 0 bridgehead atoms. The summed E-state index contributed by atoms with van der Waals surface area (Å²) in [6, 6.07) is 8.12. The van der Waals surface area contributed by atoms with Gasteiger partial charge in [0, 0.05) is 29.4 Å². The van der Waals surface area contributed by atoms with Crippen LogP contribution in [0, 0.1) is 6.92 Å². The first-order valence-electron chi connectivity index (χ1n) is 7.91. The molecule has 3 aromatic rings. The van der Waals surface area contributed by atoms with E-state index >= 15 is 0 Å². The fourth-order valence-corrected chi connectivity index (χ4v) is 3.88. The lowest BCUT2D eigenvalue weighted by molar-refractivity contribution is 0.312. The summed E-state index contributed by atoms with van der Waals surface area (Å²) in [5.74, 6) is 0.899. The van der Waals surface area contributed by atoms with Crippen molar-refractivity contribution < 1.29 is 4.74 Å².